The SMILES string of the molecule is COc1ccc(Br)cc1-c1nnc(Cl)c2ccccc12. The maximum atomic E-state index is 6.11. The molecule has 100 valence electrons. The molecule has 20 heavy (non-hydrogen) atoms. The second kappa shape index (κ2) is 5.38. The van der Waals surface area contributed by atoms with Crippen molar-refractivity contribution in [1.29, 1.82) is 0 Å². The maximum Gasteiger partial charge on any atom is 0.159 e. The number of methoxy groups -OCH3 is 1. The van der Waals surface area contributed by atoms with E-state index >= 15 is 0 Å². The van der Waals surface area contributed by atoms with Crippen molar-refractivity contribution in [2.24, 2.45) is 0 Å². The first-order chi connectivity index (χ1) is 9.70. The third-order valence-corrected chi connectivity index (χ3v) is 3.83. The fraction of sp³-hybridized carbons (Fsp3) is 0.0667. The normalized spacial score (nSPS) is 10.8. The smallest absolute Gasteiger partial charge is 0.159 e. The molecular weight excluding hydrogens is 340 g/mol. The van der Waals surface area contributed by atoms with Gasteiger partial charge in [-0.3, -0.25) is 0 Å². The molecular formula is C15H10BrClN2O. The van der Waals surface area contributed by atoms with Gasteiger partial charge in [-0.2, -0.15) is 0 Å². The van der Waals surface area contributed by atoms with Crippen LogP contribution in [0.3, 0.4) is 0 Å². The van der Waals surface area contributed by atoms with E-state index in [0.29, 0.717) is 5.15 Å². The number of aromatic nitrogens is 2. The fourth-order valence-corrected chi connectivity index (χ4v) is 2.70. The summed E-state index contributed by atoms with van der Waals surface area (Å²) in [5.41, 5.74) is 1.63. The molecule has 0 aliphatic heterocycles. The van der Waals surface area contributed by atoms with Crippen LogP contribution in [0.2, 0.25) is 5.15 Å². The van der Waals surface area contributed by atoms with Crippen molar-refractivity contribution < 1.29 is 4.74 Å². The Labute approximate surface area is 129 Å². The van der Waals surface area contributed by atoms with Gasteiger partial charge >= 0.3 is 0 Å². The van der Waals surface area contributed by atoms with Crippen LogP contribution in [0.15, 0.2) is 46.9 Å². The number of fused-ring (bicyclic) bond motifs is 1. The Hall–Kier alpha value is -1.65. The maximum absolute atomic E-state index is 6.11. The highest BCUT2D eigenvalue weighted by atomic mass is 79.9. The summed E-state index contributed by atoms with van der Waals surface area (Å²) in [6.45, 7) is 0. The Balaban J connectivity index is 2.36. The Morgan fingerprint density at radius 3 is 2.55 bits per heavy atom. The van der Waals surface area contributed by atoms with E-state index in [1.165, 1.54) is 0 Å². The van der Waals surface area contributed by atoms with E-state index in [1.807, 2.05) is 42.5 Å². The number of halogens is 2. The monoisotopic (exact) mass is 348 g/mol. The van der Waals surface area contributed by atoms with Crippen LogP contribution in [-0.2, 0) is 0 Å². The molecule has 3 rings (SSSR count). The summed E-state index contributed by atoms with van der Waals surface area (Å²) < 4.78 is 6.37. The van der Waals surface area contributed by atoms with Crippen molar-refractivity contribution >= 4 is 38.3 Å². The molecule has 2 aromatic carbocycles. The molecule has 0 unspecified atom stereocenters. The zero-order chi connectivity index (χ0) is 14.1. The highest BCUT2D eigenvalue weighted by molar-refractivity contribution is 9.10. The van der Waals surface area contributed by atoms with Crippen LogP contribution in [-0.4, -0.2) is 17.3 Å². The standard InChI is InChI=1S/C15H10BrClN2O/c1-20-13-7-6-9(16)8-12(13)14-10-4-2-3-5-11(10)15(17)19-18-14/h2-8H,1H3. The van der Waals surface area contributed by atoms with Gasteiger partial charge in [0.05, 0.1) is 7.11 Å². The Bertz CT molecular complexity index is 792. The van der Waals surface area contributed by atoms with Gasteiger partial charge in [0.15, 0.2) is 5.15 Å². The van der Waals surface area contributed by atoms with Gasteiger partial charge in [-0.05, 0) is 18.2 Å². The molecule has 1 heterocycles. The average Bonchev–Trinajstić information content (AvgIpc) is 2.48. The molecule has 3 nitrogen and oxygen atoms in total. The van der Waals surface area contributed by atoms with E-state index in [4.69, 9.17) is 16.3 Å². The molecule has 0 aliphatic carbocycles. The quantitative estimate of drug-likeness (QED) is 0.671. The van der Waals surface area contributed by atoms with Gasteiger partial charge in [-0.15, -0.1) is 10.2 Å². The zero-order valence-corrected chi connectivity index (χ0v) is 12.9. The molecule has 0 saturated heterocycles. The van der Waals surface area contributed by atoms with E-state index in [9.17, 15) is 0 Å². The minimum atomic E-state index is 0.401. The molecule has 5 heteroatoms. The van der Waals surface area contributed by atoms with Crippen LogP contribution < -0.4 is 4.74 Å². The van der Waals surface area contributed by atoms with Crippen LogP contribution in [0.5, 0.6) is 5.75 Å². The summed E-state index contributed by atoms with van der Waals surface area (Å²) in [6, 6.07) is 13.6. The van der Waals surface area contributed by atoms with E-state index in [2.05, 4.69) is 26.1 Å². The van der Waals surface area contributed by atoms with Gasteiger partial charge < -0.3 is 4.74 Å². The van der Waals surface area contributed by atoms with Crippen molar-refractivity contribution in [3.8, 4) is 17.0 Å². The summed E-state index contributed by atoms with van der Waals surface area (Å²) in [5.74, 6) is 0.745. The third-order valence-electron chi connectivity index (χ3n) is 3.06. The highest BCUT2D eigenvalue weighted by Gasteiger charge is 2.14. The Kier molecular flexibility index (Phi) is 3.59. The fourth-order valence-electron chi connectivity index (χ4n) is 2.14. The number of hydrogen-bond donors (Lipinski definition) is 0. The summed E-state index contributed by atoms with van der Waals surface area (Å²) in [6.07, 6.45) is 0. The van der Waals surface area contributed by atoms with Gasteiger partial charge in [0.2, 0.25) is 0 Å². The van der Waals surface area contributed by atoms with E-state index in [0.717, 1.165) is 32.3 Å². The second-order valence-electron chi connectivity index (χ2n) is 4.23. The number of ether oxygens (including phenoxy) is 1. The molecule has 0 radical (unpaired) electrons. The molecule has 0 saturated carbocycles. The van der Waals surface area contributed by atoms with Crippen LogP contribution >= 0.6 is 27.5 Å². The first-order valence-corrected chi connectivity index (χ1v) is 7.12. The van der Waals surface area contributed by atoms with Crippen LogP contribution in [0.1, 0.15) is 0 Å². The molecule has 0 spiro atoms. The average molecular weight is 350 g/mol. The molecule has 1 aromatic heterocycles. The van der Waals surface area contributed by atoms with Crippen molar-refractivity contribution in [2.45, 2.75) is 0 Å². The second-order valence-corrected chi connectivity index (χ2v) is 5.50. The lowest BCUT2D eigenvalue weighted by molar-refractivity contribution is 0.416. The first-order valence-electron chi connectivity index (χ1n) is 5.95. The highest BCUT2D eigenvalue weighted by Crippen LogP contribution is 2.36. The van der Waals surface area contributed by atoms with Gasteiger partial charge in [0.1, 0.15) is 11.4 Å². The molecule has 3 aromatic rings. The lowest BCUT2D eigenvalue weighted by Crippen LogP contribution is -1.94. The van der Waals surface area contributed by atoms with Gasteiger partial charge in [-0.25, -0.2) is 0 Å². The molecule has 0 fully saturated rings. The largest absolute Gasteiger partial charge is 0.496 e. The Morgan fingerprint density at radius 1 is 1.05 bits per heavy atom. The molecule has 0 N–H and O–H groups in total. The topological polar surface area (TPSA) is 35.0 Å². The van der Waals surface area contributed by atoms with Gasteiger partial charge in [0.25, 0.3) is 0 Å². The predicted molar refractivity (Wildman–Crippen MR) is 84.2 cm³/mol. The number of rotatable bonds is 2. The van der Waals surface area contributed by atoms with Crippen molar-refractivity contribution in [2.75, 3.05) is 7.11 Å². The van der Waals surface area contributed by atoms with Crippen LogP contribution in [0.25, 0.3) is 22.0 Å². The number of benzene rings is 2. The molecule has 0 atom stereocenters. The molecule has 0 bridgehead atoms. The summed E-state index contributed by atoms with van der Waals surface area (Å²) >= 11 is 9.58. The van der Waals surface area contributed by atoms with Crippen molar-refractivity contribution in [3.05, 3.63) is 52.1 Å². The van der Waals surface area contributed by atoms with Crippen molar-refractivity contribution in [3.63, 3.8) is 0 Å². The third kappa shape index (κ3) is 2.25. The van der Waals surface area contributed by atoms with E-state index in [-0.39, 0.29) is 0 Å². The van der Waals surface area contributed by atoms with E-state index in [1.54, 1.807) is 7.11 Å². The summed E-state index contributed by atoms with van der Waals surface area (Å²) in [4.78, 5) is 0. The number of hydrogen-bond acceptors (Lipinski definition) is 3. The molecule has 0 amide bonds. The predicted octanol–water partition coefficient (Wildman–Crippen LogP) is 4.72. The van der Waals surface area contributed by atoms with Crippen molar-refractivity contribution in [1.82, 2.24) is 10.2 Å². The van der Waals surface area contributed by atoms with Crippen LogP contribution in [0, 0.1) is 0 Å². The summed E-state index contributed by atoms with van der Waals surface area (Å²) in [7, 11) is 1.64. The lowest BCUT2D eigenvalue weighted by atomic mass is 10.0. The number of nitrogens with zero attached hydrogens (tertiary/aromatic N) is 2. The van der Waals surface area contributed by atoms with Crippen LogP contribution in [0.4, 0.5) is 0 Å². The van der Waals surface area contributed by atoms with Gasteiger partial charge in [-0.1, -0.05) is 51.8 Å². The molecule has 0 aliphatic rings. The van der Waals surface area contributed by atoms with E-state index < -0.39 is 0 Å². The zero-order valence-electron chi connectivity index (χ0n) is 10.6. The van der Waals surface area contributed by atoms with Gasteiger partial charge in [0, 0.05) is 20.8 Å². The minimum Gasteiger partial charge on any atom is -0.496 e. The Morgan fingerprint density at radius 2 is 1.80 bits per heavy atom. The minimum absolute atomic E-state index is 0.401. The lowest BCUT2D eigenvalue weighted by Gasteiger charge is -2.10. The first kappa shape index (κ1) is 13.3. The summed E-state index contributed by atoms with van der Waals surface area (Å²) in [5, 5.41) is 10.5.